The fourth-order valence-corrected chi connectivity index (χ4v) is 4.23. The molecule has 8 nitrogen and oxygen atoms in total. The number of rotatable bonds is 7. The van der Waals surface area contributed by atoms with Gasteiger partial charge in [0.1, 0.15) is 5.75 Å². The maximum atomic E-state index is 12.8. The molecule has 2 aliphatic heterocycles. The number of nitro groups is 1. The maximum Gasteiger partial charge on any atom is 0.346 e. The predicted octanol–water partition coefficient (Wildman–Crippen LogP) is 1.86. The fraction of sp³-hybridized carbons (Fsp3) is 0.500. The van der Waals surface area contributed by atoms with Gasteiger partial charge in [0, 0.05) is 26.2 Å². The van der Waals surface area contributed by atoms with Crippen molar-refractivity contribution in [2.45, 2.75) is 6.61 Å². The number of benzene rings is 1. The largest absolute Gasteiger partial charge is 0.497 e. The van der Waals surface area contributed by atoms with Crippen LogP contribution < -0.4 is 4.74 Å². The van der Waals surface area contributed by atoms with E-state index >= 15 is 0 Å². The molecule has 0 bridgehead atoms. The van der Waals surface area contributed by atoms with Crippen LogP contribution in [0.15, 0.2) is 18.2 Å². The van der Waals surface area contributed by atoms with Crippen molar-refractivity contribution in [3.63, 3.8) is 0 Å². The van der Waals surface area contributed by atoms with Gasteiger partial charge in [-0.25, -0.2) is 9.34 Å². The Morgan fingerprint density at radius 1 is 1.29 bits per heavy atom. The summed E-state index contributed by atoms with van der Waals surface area (Å²) in [5.74, 6) is 0.408. The zero-order valence-electron chi connectivity index (χ0n) is 11.6. The first-order valence-electron chi connectivity index (χ1n) is 6.61. The lowest BCUT2D eigenvalue weighted by Gasteiger charge is -2.19. The molecule has 114 valence electrons. The lowest BCUT2D eigenvalue weighted by molar-refractivity contribution is -0.385. The highest BCUT2D eigenvalue weighted by atomic mass is 31.2. The summed E-state index contributed by atoms with van der Waals surface area (Å²) >= 11 is 0. The van der Waals surface area contributed by atoms with E-state index in [1.165, 1.54) is 13.2 Å². The Kier molecular flexibility index (Phi) is 3.71. The molecule has 2 saturated heterocycles. The molecule has 3 rings (SSSR count). The van der Waals surface area contributed by atoms with E-state index in [9.17, 15) is 14.7 Å². The highest BCUT2D eigenvalue weighted by molar-refractivity contribution is 7.54. The Morgan fingerprint density at radius 2 is 1.90 bits per heavy atom. The van der Waals surface area contributed by atoms with Gasteiger partial charge < -0.3 is 9.26 Å². The molecular weight excluding hydrogens is 297 g/mol. The third-order valence-corrected chi connectivity index (χ3v) is 6.13. The van der Waals surface area contributed by atoms with Crippen LogP contribution in [0.2, 0.25) is 0 Å². The van der Waals surface area contributed by atoms with E-state index in [1.807, 2.05) is 0 Å². The number of nitro benzene ring substituents is 1. The smallest absolute Gasteiger partial charge is 0.346 e. The molecule has 2 heterocycles. The van der Waals surface area contributed by atoms with Crippen LogP contribution in [0.25, 0.3) is 0 Å². The predicted molar refractivity (Wildman–Crippen MR) is 75.2 cm³/mol. The Bertz CT molecular complexity index is 599. The first-order valence-corrected chi connectivity index (χ1v) is 8.14. The van der Waals surface area contributed by atoms with E-state index < -0.39 is 12.6 Å². The molecule has 0 aliphatic carbocycles. The summed E-state index contributed by atoms with van der Waals surface area (Å²) in [6, 6.07) is 4.55. The molecule has 1 aromatic carbocycles. The molecular formula is C12H16N3O5P. The van der Waals surface area contributed by atoms with E-state index in [4.69, 9.17) is 9.26 Å². The molecule has 0 amide bonds. The van der Waals surface area contributed by atoms with Crippen molar-refractivity contribution in [2.75, 3.05) is 33.3 Å². The van der Waals surface area contributed by atoms with Gasteiger partial charge in [0.15, 0.2) is 0 Å². The molecule has 0 unspecified atom stereocenters. The summed E-state index contributed by atoms with van der Waals surface area (Å²) in [7, 11) is -1.51. The van der Waals surface area contributed by atoms with Crippen LogP contribution in [-0.4, -0.2) is 47.6 Å². The molecule has 0 saturated carbocycles. The number of methoxy groups -OCH3 is 1. The van der Waals surface area contributed by atoms with Crippen LogP contribution in [0.5, 0.6) is 5.75 Å². The van der Waals surface area contributed by atoms with Crippen LogP contribution in [0.1, 0.15) is 5.56 Å². The van der Waals surface area contributed by atoms with Gasteiger partial charge in [0.2, 0.25) is 0 Å². The lowest BCUT2D eigenvalue weighted by Crippen LogP contribution is -2.08. The Balaban J connectivity index is 1.78. The molecule has 21 heavy (non-hydrogen) atoms. The topological polar surface area (TPSA) is 84.7 Å². The van der Waals surface area contributed by atoms with Gasteiger partial charge in [-0.15, -0.1) is 0 Å². The minimum Gasteiger partial charge on any atom is -0.497 e. The van der Waals surface area contributed by atoms with Crippen molar-refractivity contribution in [3.8, 4) is 5.75 Å². The Morgan fingerprint density at radius 3 is 2.38 bits per heavy atom. The van der Waals surface area contributed by atoms with Gasteiger partial charge in [-0.05, 0) is 12.1 Å². The lowest BCUT2D eigenvalue weighted by atomic mass is 10.2. The van der Waals surface area contributed by atoms with Gasteiger partial charge in [-0.3, -0.25) is 14.7 Å². The number of hydrogen-bond donors (Lipinski definition) is 0. The molecule has 9 heteroatoms. The van der Waals surface area contributed by atoms with Crippen LogP contribution in [0.4, 0.5) is 5.69 Å². The minimum absolute atomic E-state index is 0.0510. The van der Waals surface area contributed by atoms with E-state index in [2.05, 4.69) is 0 Å². The van der Waals surface area contributed by atoms with Crippen molar-refractivity contribution < 1.29 is 18.7 Å². The Labute approximate surface area is 121 Å². The van der Waals surface area contributed by atoms with E-state index in [1.54, 1.807) is 21.5 Å². The fourth-order valence-electron chi connectivity index (χ4n) is 2.05. The standard InChI is InChI=1S/C12H16N3O5P/c1-19-11-3-2-10(12(8-11)15(16)17)9-20-21(18,13-4-5-13)14-6-7-14/h2-3,8H,4-7,9H2,1H3. The average molecular weight is 313 g/mol. The summed E-state index contributed by atoms with van der Waals surface area (Å²) in [6.45, 7) is 2.94. The highest BCUT2D eigenvalue weighted by Gasteiger charge is 2.49. The SMILES string of the molecule is COc1ccc(COP(=O)(N2CC2)N2CC2)c([N+](=O)[O-])c1. The second-order valence-electron chi connectivity index (χ2n) is 4.92. The second-order valence-corrected chi connectivity index (χ2v) is 7.29. The summed E-state index contributed by atoms with van der Waals surface area (Å²) in [4.78, 5) is 10.6. The van der Waals surface area contributed by atoms with E-state index in [-0.39, 0.29) is 12.3 Å². The van der Waals surface area contributed by atoms with Crippen molar-refractivity contribution in [3.05, 3.63) is 33.9 Å². The van der Waals surface area contributed by atoms with Crippen molar-refractivity contribution >= 4 is 13.4 Å². The van der Waals surface area contributed by atoms with Gasteiger partial charge in [-0.1, -0.05) is 0 Å². The number of ether oxygens (including phenoxy) is 1. The molecule has 0 aromatic heterocycles. The van der Waals surface area contributed by atoms with Crippen molar-refractivity contribution in [1.29, 1.82) is 0 Å². The van der Waals surface area contributed by atoms with Gasteiger partial charge in [0.05, 0.1) is 30.3 Å². The van der Waals surface area contributed by atoms with Crippen LogP contribution in [-0.2, 0) is 15.7 Å². The normalized spacial score (nSPS) is 18.5. The number of nitrogens with zero attached hydrogens (tertiary/aromatic N) is 3. The van der Waals surface area contributed by atoms with Crippen molar-refractivity contribution in [1.82, 2.24) is 9.34 Å². The van der Waals surface area contributed by atoms with Gasteiger partial charge in [0.25, 0.3) is 5.69 Å². The summed E-state index contributed by atoms with van der Waals surface area (Å²) < 4.78 is 26.9. The second kappa shape index (κ2) is 5.38. The molecule has 1 aromatic rings. The molecule has 0 radical (unpaired) electrons. The summed E-state index contributed by atoms with van der Waals surface area (Å²) in [5.41, 5.74) is 0.308. The summed E-state index contributed by atoms with van der Waals surface area (Å²) in [6.07, 6.45) is 0. The van der Waals surface area contributed by atoms with Crippen LogP contribution >= 0.6 is 7.67 Å². The molecule has 0 spiro atoms. The first-order chi connectivity index (χ1) is 10.0. The average Bonchev–Trinajstić information content (AvgIpc) is 3.34. The molecule has 0 atom stereocenters. The molecule has 2 fully saturated rings. The zero-order chi connectivity index (χ0) is 15.0. The van der Waals surface area contributed by atoms with Gasteiger partial charge >= 0.3 is 7.67 Å². The highest BCUT2D eigenvalue weighted by Crippen LogP contribution is 2.61. The first kappa shape index (κ1) is 14.5. The maximum absolute atomic E-state index is 12.8. The van der Waals surface area contributed by atoms with E-state index in [0.29, 0.717) is 11.3 Å². The van der Waals surface area contributed by atoms with Gasteiger partial charge in [-0.2, -0.15) is 0 Å². The Hall–Kier alpha value is -1.47. The molecule has 2 aliphatic rings. The summed E-state index contributed by atoms with van der Waals surface area (Å²) in [5, 5.41) is 11.1. The van der Waals surface area contributed by atoms with Crippen molar-refractivity contribution in [2.24, 2.45) is 0 Å². The van der Waals surface area contributed by atoms with Crippen LogP contribution in [0.3, 0.4) is 0 Å². The zero-order valence-corrected chi connectivity index (χ0v) is 12.5. The third-order valence-electron chi connectivity index (χ3n) is 3.44. The quantitative estimate of drug-likeness (QED) is 0.329. The third kappa shape index (κ3) is 2.94. The van der Waals surface area contributed by atoms with E-state index in [0.717, 1.165) is 26.2 Å². The monoisotopic (exact) mass is 313 g/mol. The van der Waals surface area contributed by atoms with Crippen LogP contribution in [0, 0.1) is 10.1 Å². The molecule has 0 N–H and O–H groups in total. The number of hydrogen-bond acceptors (Lipinski definition) is 5. The minimum atomic E-state index is -2.96.